The van der Waals surface area contributed by atoms with Crippen molar-refractivity contribution in [3.63, 3.8) is 0 Å². The molecule has 0 saturated heterocycles. The fraction of sp³-hybridized carbons (Fsp3) is 0.348. The van der Waals surface area contributed by atoms with Gasteiger partial charge >= 0.3 is 0 Å². The highest BCUT2D eigenvalue weighted by molar-refractivity contribution is 8.03. The van der Waals surface area contributed by atoms with Crippen LogP contribution in [-0.2, 0) is 0 Å². The average Bonchev–Trinajstić information content (AvgIpc) is 3.25. The number of nitrogens with zero attached hydrogens (tertiary/aromatic N) is 2. The second-order valence-corrected chi connectivity index (χ2v) is 8.75. The summed E-state index contributed by atoms with van der Waals surface area (Å²) >= 11 is 1.89. The van der Waals surface area contributed by atoms with Gasteiger partial charge in [0.15, 0.2) is 0 Å². The molecular weight excluding hydrogens is 364 g/mol. The molecule has 0 spiro atoms. The third kappa shape index (κ3) is 3.56. The molecule has 5 rings (SSSR count). The van der Waals surface area contributed by atoms with Crippen molar-refractivity contribution in [1.29, 1.82) is 0 Å². The first-order valence-corrected chi connectivity index (χ1v) is 11.1. The SMILES string of the molecule is CCCN(CC1CC1)C1NC(c2c[nH]c3ncc(-c4ccccc4)cc23)=CS1. The minimum atomic E-state index is 0.339. The second-order valence-electron chi connectivity index (χ2n) is 7.79. The first-order valence-electron chi connectivity index (χ1n) is 10.2. The van der Waals surface area contributed by atoms with Gasteiger partial charge in [0.2, 0.25) is 0 Å². The Morgan fingerprint density at radius 2 is 2.04 bits per heavy atom. The number of H-pyrrole nitrogens is 1. The largest absolute Gasteiger partial charge is 0.360 e. The van der Waals surface area contributed by atoms with Crippen molar-refractivity contribution in [3.8, 4) is 11.1 Å². The number of aromatic nitrogens is 2. The summed E-state index contributed by atoms with van der Waals surface area (Å²) < 4.78 is 0. The molecule has 1 aliphatic carbocycles. The Bertz CT molecular complexity index is 990. The topological polar surface area (TPSA) is 44.0 Å². The van der Waals surface area contributed by atoms with Crippen LogP contribution in [0.25, 0.3) is 27.9 Å². The van der Waals surface area contributed by atoms with Gasteiger partial charge in [0.05, 0.1) is 5.70 Å². The molecule has 2 aliphatic rings. The molecule has 1 saturated carbocycles. The molecule has 0 amide bonds. The summed E-state index contributed by atoms with van der Waals surface area (Å²) in [4.78, 5) is 10.6. The van der Waals surface area contributed by atoms with E-state index in [1.807, 2.05) is 24.0 Å². The fourth-order valence-corrected chi connectivity index (χ4v) is 4.91. The number of benzene rings is 1. The standard InChI is InChI=1S/C23H26N4S/c1-2-10-27(14-16-8-9-16)23-26-21(15-28-23)20-13-25-22-19(20)11-18(12-24-22)17-6-4-3-5-7-17/h3-7,11-13,15-16,23,26H,2,8-10,14H2,1H3,(H,24,25). The van der Waals surface area contributed by atoms with Gasteiger partial charge in [0.25, 0.3) is 0 Å². The third-order valence-electron chi connectivity index (χ3n) is 5.55. The number of fused-ring (bicyclic) bond motifs is 1. The molecule has 1 unspecified atom stereocenters. The summed E-state index contributed by atoms with van der Waals surface area (Å²) in [6, 6.07) is 12.7. The minimum absolute atomic E-state index is 0.339. The average molecular weight is 391 g/mol. The van der Waals surface area contributed by atoms with Crippen molar-refractivity contribution in [1.82, 2.24) is 20.2 Å². The van der Waals surface area contributed by atoms with Crippen LogP contribution in [0.4, 0.5) is 0 Å². The maximum absolute atomic E-state index is 4.65. The van der Waals surface area contributed by atoms with Gasteiger partial charge in [-0.15, -0.1) is 0 Å². The Morgan fingerprint density at radius 1 is 1.18 bits per heavy atom. The lowest BCUT2D eigenvalue weighted by molar-refractivity contribution is 0.236. The molecule has 28 heavy (non-hydrogen) atoms. The second kappa shape index (κ2) is 7.64. The molecule has 1 aromatic carbocycles. The Hall–Kier alpha value is -2.24. The zero-order chi connectivity index (χ0) is 18.9. The molecule has 1 fully saturated rings. The summed E-state index contributed by atoms with van der Waals surface area (Å²) in [7, 11) is 0. The van der Waals surface area contributed by atoms with E-state index in [1.54, 1.807) is 0 Å². The Balaban J connectivity index is 1.40. The lowest BCUT2D eigenvalue weighted by Gasteiger charge is -2.28. The summed E-state index contributed by atoms with van der Waals surface area (Å²) in [6.45, 7) is 4.63. The number of hydrogen-bond acceptors (Lipinski definition) is 4. The van der Waals surface area contributed by atoms with E-state index in [-0.39, 0.29) is 0 Å². The van der Waals surface area contributed by atoms with E-state index in [9.17, 15) is 0 Å². The predicted octanol–water partition coefficient (Wildman–Crippen LogP) is 5.27. The van der Waals surface area contributed by atoms with Crippen molar-refractivity contribution in [3.05, 3.63) is 59.8 Å². The number of thioether (sulfide) groups is 1. The van der Waals surface area contributed by atoms with E-state index in [4.69, 9.17) is 0 Å². The molecule has 1 aliphatic heterocycles. The number of hydrogen-bond donors (Lipinski definition) is 2. The molecule has 0 bridgehead atoms. The molecule has 0 radical (unpaired) electrons. The van der Waals surface area contributed by atoms with E-state index in [0.717, 1.165) is 23.7 Å². The number of nitrogens with one attached hydrogen (secondary N) is 2. The van der Waals surface area contributed by atoms with Crippen molar-refractivity contribution in [2.45, 2.75) is 31.7 Å². The highest BCUT2D eigenvalue weighted by Gasteiger charge is 2.30. The number of pyridine rings is 1. The summed E-state index contributed by atoms with van der Waals surface area (Å²) in [5.74, 6) is 0.906. The van der Waals surface area contributed by atoms with Crippen LogP contribution in [0.5, 0.6) is 0 Å². The van der Waals surface area contributed by atoms with Gasteiger partial charge in [-0.2, -0.15) is 0 Å². The first kappa shape index (κ1) is 17.8. The van der Waals surface area contributed by atoms with E-state index in [2.05, 4.69) is 69.0 Å². The van der Waals surface area contributed by atoms with Crippen molar-refractivity contribution in [2.75, 3.05) is 13.1 Å². The molecule has 4 nitrogen and oxygen atoms in total. The van der Waals surface area contributed by atoms with Gasteiger partial charge < -0.3 is 10.3 Å². The molecule has 144 valence electrons. The van der Waals surface area contributed by atoms with E-state index in [1.165, 1.54) is 48.0 Å². The summed E-state index contributed by atoms with van der Waals surface area (Å²) in [5, 5.41) is 7.21. The Labute approximate surface area is 170 Å². The van der Waals surface area contributed by atoms with Crippen LogP contribution < -0.4 is 5.32 Å². The highest BCUT2D eigenvalue weighted by Crippen LogP contribution is 2.36. The third-order valence-corrected chi connectivity index (χ3v) is 6.60. The van der Waals surface area contributed by atoms with Crippen LogP contribution in [0.3, 0.4) is 0 Å². The monoisotopic (exact) mass is 390 g/mol. The Morgan fingerprint density at radius 3 is 2.82 bits per heavy atom. The van der Waals surface area contributed by atoms with Crippen LogP contribution in [0, 0.1) is 5.92 Å². The maximum Gasteiger partial charge on any atom is 0.137 e. The van der Waals surface area contributed by atoms with Crippen molar-refractivity contribution >= 4 is 28.5 Å². The summed E-state index contributed by atoms with van der Waals surface area (Å²) in [5.41, 5.74) is 6.03. The number of rotatable bonds is 7. The van der Waals surface area contributed by atoms with Gasteiger partial charge in [0, 0.05) is 42.0 Å². The molecule has 2 aromatic heterocycles. The van der Waals surface area contributed by atoms with Crippen LogP contribution in [-0.4, -0.2) is 33.5 Å². The van der Waals surface area contributed by atoms with Crippen LogP contribution in [0.1, 0.15) is 31.7 Å². The molecule has 1 atom stereocenters. The van der Waals surface area contributed by atoms with E-state index < -0.39 is 0 Å². The van der Waals surface area contributed by atoms with Gasteiger partial charge in [-0.05, 0) is 42.2 Å². The van der Waals surface area contributed by atoms with Gasteiger partial charge in [-0.25, -0.2) is 4.98 Å². The van der Waals surface area contributed by atoms with Crippen molar-refractivity contribution in [2.24, 2.45) is 5.92 Å². The number of aromatic amines is 1. The quantitative estimate of drug-likeness (QED) is 0.577. The fourth-order valence-electron chi connectivity index (χ4n) is 3.89. The normalized spacial score (nSPS) is 19.2. The van der Waals surface area contributed by atoms with Gasteiger partial charge in [0.1, 0.15) is 11.1 Å². The lowest BCUT2D eigenvalue weighted by atomic mass is 10.1. The first-order chi connectivity index (χ1) is 13.8. The van der Waals surface area contributed by atoms with E-state index in [0.29, 0.717) is 5.50 Å². The van der Waals surface area contributed by atoms with Crippen molar-refractivity contribution < 1.29 is 0 Å². The lowest BCUT2D eigenvalue weighted by Crippen LogP contribution is -2.41. The molecule has 2 N–H and O–H groups in total. The van der Waals surface area contributed by atoms with Crippen LogP contribution in [0.15, 0.2) is 54.2 Å². The highest BCUT2D eigenvalue weighted by atomic mass is 32.2. The molecular formula is C23H26N4S. The molecule has 3 aromatic rings. The predicted molar refractivity (Wildman–Crippen MR) is 119 cm³/mol. The van der Waals surface area contributed by atoms with Gasteiger partial charge in [-0.3, -0.25) is 4.90 Å². The maximum atomic E-state index is 4.65. The molecule has 3 heterocycles. The van der Waals surface area contributed by atoms with Crippen LogP contribution in [0.2, 0.25) is 0 Å². The zero-order valence-corrected chi connectivity index (χ0v) is 17.0. The minimum Gasteiger partial charge on any atom is -0.360 e. The molecule has 5 heteroatoms. The van der Waals surface area contributed by atoms with Gasteiger partial charge in [-0.1, -0.05) is 49.0 Å². The van der Waals surface area contributed by atoms with E-state index >= 15 is 0 Å². The van der Waals surface area contributed by atoms with Crippen LogP contribution >= 0.6 is 11.8 Å². The summed E-state index contributed by atoms with van der Waals surface area (Å²) in [6.07, 6.45) is 8.02. The smallest absolute Gasteiger partial charge is 0.137 e. The zero-order valence-electron chi connectivity index (χ0n) is 16.2. The Kier molecular flexibility index (Phi) is 4.87.